The molecule has 0 saturated carbocycles. The van der Waals surface area contributed by atoms with Crippen molar-refractivity contribution in [3.8, 4) is 0 Å². The van der Waals surface area contributed by atoms with Crippen LogP contribution in [0, 0.1) is 18.8 Å². The van der Waals surface area contributed by atoms with Crippen molar-refractivity contribution in [1.29, 1.82) is 0 Å². The van der Waals surface area contributed by atoms with Crippen molar-refractivity contribution in [2.75, 3.05) is 31.5 Å². The maximum absolute atomic E-state index is 5.94. The zero-order valence-electron chi connectivity index (χ0n) is 14.2. The molecule has 2 rings (SSSR count). The van der Waals surface area contributed by atoms with Crippen molar-refractivity contribution >= 4 is 11.6 Å². The number of likely N-dealkylation sites (tertiary alicyclic amines) is 1. The predicted molar refractivity (Wildman–Crippen MR) is 95.3 cm³/mol. The van der Waals surface area contributed by atoms with Crippen molar-refractivity contribution in [3.05, 3.63) is 29.8 Å². The molecule has 0 aromatic heterocycles. The first-order valence-corrected chi connectivity index (χ1v) is 8.39. The largest absolute Gasteiger partial charge is 0.370 e. The SMILES string of the molecule is Cc1cccc(NC(N)=NCCCN2CC(C)CC(C)C2)c1. The number of hydrogen-bond donors (Lipinski definition) is 2. The standard InChI is InChI=1S/C18H30N4/c1-14-6-4-7-17(11-14)21-18(19)20-8-5-9-22-12-15(2)10-16(3)13-22/h4,6-7,11,15-16H,5,8-10,12-13H2,1-3H3,(H3,19,20,21). The lowest BCUT2D eigenvalue weighted by Crippen LogP contribution is -2.39. The van der Waals surface area contributed by atoms with Gasteiger partial charge in [-0.3, -0.25) is 4.99 Å². The molecule has 122 valence electrons. The van der Waals surface area contributed by atoms with E-state index in [0.29, 0.717) is 5.96 Å². The van der Waals surface area contributed by atoms with Crippen molar-refractivity contribution in [3.63, 3.8) is 0 Å². The van der Waals surface area contributed by atoms with Crippen molar-refractivity contribution < 1.29 is 0 Å². The number of anilines is 1. The van der Waals surface area contributed by atoms with E-state index in [9.17, 15) is 0 Å². The van der Waals surface area contributed by atoms with Gasteiger partial charge < -0.3 is 16.0 Å². The minimum atomic E-state index is 0.506. The molecule has 2 unspecified atom stereocenters. The second-order valence-electron chi connectivity index (χ2n) is 6.82. The van der Waals surface area contributed by atoms with Crippen LogP contribution in [0.25, 0.3) is 0 Å². The number of guanidine groups is 1. The fraction of sp³-hybridized carbons (Fsp3) is 0.611. The number of rotatable bonds is 5. The summed E-state index contributed by atoms with van der Waals surface area (Å²) < 4.78 is 0. The zero-order chi connectivity index (χ0) is 15.9. The van der Waals surface area contributed by atoms with Crippen LogP contribution in [0.15, 0.2) is 29.3 Å². The van der Waals surface area contributed by atoms with Gasteiger partial charge in [-0.1, -0.05) is 26.0 Å². The minimum absolute atomic E-state index is 0.506. The van der Waals surface area contributed by atoms with Gasteiger partial charge in [0.15, 0.2) is 5.96 Å². The number of nitrogens with one attached hydrogen (secondary N) is 1. The molecular formula is C18H30N4. The van der Waals surface area contributed by atoms with Crippen LogP contribution in [0.2, 0.25) is 0 Å². The summed E-state index contributed by atoms with van der Waals surface area (Å²) in [6.45, 7) is 11.1. The third-order valence-corrected chi connectivity index (χ3v) is 4.15. The molecule has 4 heteroatoms. The van der Waals surface area contributed by atoms with Crippen molar-refractivity contribution in [1.82, 2.24) is 4.90 Å². The molecule has 1 aromatic rings. The highest BCUT2D eigenvalue weighted by atomic mass is 15.1. The summed E-state index contributed by atoms with van der Waals surface area (Å²) in [7, 11) is 0. The molecule has 0 spiro atoms. The maximum Gasteiger partial charge on any atom is 0.193 e. The van der Waals surface area contributed by atoms with Gasteiger partial charge in [0.2, 0.25) is 0 Å². The van der Waals surface area contributed by atoms with Gasteiger partial charge in [0.05, 0.1) is 0 Å². The quantitative estimate of drug-likeness (QED) is 0.499. The second kappa shape index (κ2) is 8.18. The summed E-state index contributed by atoms with van der Waals surface area (Å²) in [4.78, 5) is 7.00. The van der Waals surface area contributed by atoms with Crippen LogP contribution in [0.5, 0.6) is 0 Å². The minimum Gasteiger partial charge on any atom is -0.370 e. The van der Waals surface area contributed by atoms with Gasteiger partial charge in [0.1, 0.15) is 0 Å². The van der Waals surface area contributed by atoms with Crippen LogP contribution in [0.4, 0.5) is 5.69 Å². The highest BCUT2D eigenvalue weighted by Gasteiger charge is 2.20. The Morgan fingerprint density at radius 3 is 2.73 bits per heavy atom. The normalized spacial score (nSPS) is 23.5. The molecule has 0 bridgehead atoms. The molecule has 0 aliphatic carbocycles. The Bertz CT molecular complexity index is 488. The van der Waals surface area contributed by atoms with Gasteiger partial charge in [-0.05, 0) is 55.8 Å². The smallest absolute Gasteiger partial charge is 0.193 e. The van der Waals surface area contributed by atoms with Gasteiger partial charge in [-0.25, -0.2) is 0 Å². The van der Waals surface area contributed by atoms with E-state index < -0.39 is 0 Å². The van der Waals surface area contributed by atoms with Gasteiger partial charge in [0.25, 0.3) is 0 Å². The summed E-state index contributed by atoms with van der Waals surface area (Å²) in [6.07, 6.45) is 2.43. The number of nitrogens with two attached hydrogens (primary N) is 1. The van der Waals surface area contributed by atoms with E-state index in [-0.39, 0.29) is 0 Å². The summed E-state index contributed by atoms with van der Waals surface area (Å²) in [5.41, 5.74) is 8.16. The molecule has 0 amide bonds. The Labute approximate surface area is 134 Å². The summed E-state index contributed by atoms with van der Waals surface area (Å²) >= 11 is 0. The number of aryl methyl sites for hydroxylation is 1. The van der Waals surface area contributed by atoms with E-state index in [1.54, 1.807) is 0 Å². The van der Waals surface area contributed by atoms with Gasteiger partial charge in [-0.15, -0.1) is 0 Å². The number of hydrogen-bond acceptors (Lipinski definition) is 2. The van der Waals surface area contributed by atoms with Gasteiger partial charge in [-0.2, -0.15) is 0 Å². The third kappa shape index (κ3) is 5.68. The van der Waals surface area contributed by atoms with Gasteiger partial charge >= 0.3 is 0 Å². The van der Waals surface area contributed by atoms with E-state index in [1.165, 1.54) is 25.1 Å². The molecule has 1 saturated heterocycles. The highest BCUT2D eigenvalue weighted by molar-refractivity contribution is 5.92. The van der Waals surface area contributed by atoms with Crippen molar-refractivity contribution in [2.45, 2.75) is 33.6 Å². The number of piperidine rings is 1. The average Bonchev–Trinajstić information content (AvgIpc) is 2.42. The molecule has 22 heavy (non-hydrogen) atoms. The number of nitrogens with zero attached hydrogens (tertiary/aromatic N) is 2. The lowest BCUT2D eigenvalue weighted by Gasteiger charge is -2.34. The van der Waals surface area contributed by atoms with E-state index in [0.717, 1.165) is 37.0 Å². The molecule has 0 radical (unpaired) electrons. The first kappa shape index (κ1) is 16.8. The van der Waals surface area contributed by atoms with Crippen LogP contribution >= 0.6 is 0 Å². The number of aliphatic imine (C=N–C) groups is 1. The predicted octanol–water partition coefficient (Wildman–Crippen LogP) is 3.09. The van der Waals surface area contributed by atoms with Crippen LogP contribution < -0.4 is 11.1 Å². The molecule has 1 aliphatic rings. The van der Waals surface area contributed by atoms with Crippen molar-refractivity contribution in [2.24, 2.45) is 22.6 Å². The van der Waals surface area contributed by atoms with Crippen LogP contribution in [-0.4, -0.2) is 37.0 Å². The molecule has 1 aromatic carbocycles. The Kier molecular flexibility index (Phi) is 6.25. The Morgan fingerprint density at radius 2 is 2.05 bits per heavy atom. The fourth-order valence-electron chi connectivity index (χ4n) is 3.38. The Balaban J connectivity index is 1.70. The summed E-state index contributed by atoms with van der Waals surface area (Å²) in [5, 5.41) is 3.15. The third-order valence-electron chi connectivity index (χ3n) is 4.15. The van der Waals surface area contributed by atoms with E-state index in [1.807, 2.05) is 12.1 Å². The molecule has 4 nitrogen and oxygen atoms in total. The number of benzene rings is 1. The average molecular weight is 302 g/mol. The lowest BCUT2D eigenvalue weighted by atomic mass is 9.92. The van der Waals surface area contributed by atoms with Crippen LogP contribution in [0.3, 0.4) is 0 Å². The molecule has 2 atom stereocenters. The zero-order valence-corrected chi connectivity index (χ0v) is 14.2. The van der Waals surface area contributed by atoms with Crippen LogP contribution in [0.1, 0.15) is 32.3 Å². The first-order chi connectivity index (χ1) is 10.5. The Hall–Kier alpha value is -1.55. The molecule has 1 heterocycles. The molecule has 3 N–H and O–H groups in total. The Morgan fingerprint density at radius 1 is 1.32 bits per heavy atom. The van der Waals surface area contributed by atoms with E-state index >= 15 is 0 Å². The van der Waals surface area contributed by atoms with E-state index in [4.69, 9.17) is 5.73 Å². The fourth-order valence-corrected chi connectivity index (χ4v) is 3.38. The lowest BCUT2D eigenvalue weighted by molar-refractivity contribution is 0.140. The maximum atomic E-state index is 5.94. The summed E-state index contributed by atoms with van der Waals surface area (Å²) in [5.74, 6) is 2.14. The topological polar surface area (TPSA) is 53.6 Å². The molecule has 1 aliphatic heterocycles. The summed E-state index contributed by atoms with van der Waals surface area (Å²) in [6, 6.07) is 8.16. The van der Waals surface area contributed by atoms with E-state index in [2.05, 4.69) is 48.1 Å². The highest BCUT2D eigenvalue weighted by Crippen LogP contribution is 2.20. The van der Waals surface area contributed by atoms with Gasteiger partial charge in [0, 0.05) is 25.3 Å². The second-order valence-corrected chi connectivity index (χ2v) is 6.82. The monoisotopic (exact) mass is 302 g/mol. The first-order valence-electron chi connectivity index (χ1n) is 8.39. The molecule has 1 fully saturated rings. The van der Waals surface area contributed by atoms with Crippen LogP contribution in [-0.2, 0) is 0 Å². The molecular weight excluding hydrogens is 272 g/mol.